The smallest absolute Gasteiger partial charge is 0.223 e. The Kier molecular flexibility index (Phi) is 3.24. The van der Waals surface area contributed by atoms with E-state index in [2.05, 4.69) is 37.5 Å². The molecule has 2 aliphatic heterocycles. The molecule has 2 saturated heterocycles. The number of likely N-dealkylation sites (tertiary alicyclic amines) is 2. The van der Waals surface area contributed by atoms with Gasteiger partial charge in [-0.1, -0.05) is 13.8 Å². The zero-order valence-electron chi connectivity index (χ0n) is 10.9. The molecule has 0 aliphatic carbocycles. The first-order valence-corrected chi connectivity index (χ1v) is 6.54. The third kappa shape index (κ3) is 2.10. The first kappa shape index (κ1) is 11.9. The Morgan fingerprint density at radius 3 is 2.31 bits per heavy atom. The Hall–Kier alpha value is -0.570. The molecule has 16 heavy (non-hydrogen) atoms. The van der Waals surface area contributed by atoms with Crippen molar-refractivity contribution in [1.82, 2.24) is 9.80 Å². The van der Waals surface area contributed by atoms with E-state index in [4.69, 9.17) is 0 Å². The monoisotopic (exact) mass is 224 g/mol. The second-order valence-corrected chi connectivity index (χ2v) is 5.98. The number of piperazine rings is 1. The molecule has 0 N–H and O–H groups in total. The summed E-state index contributed by atoms with van der Waals surface area (Å²) in [5.41, 5.74) is 0. The predicted molar refractivity (Wildman–Crippen MR) is 65.2 cm³/mol. The van der Waals surface area contributed by atoms with Crippen LogP contribution in [0.3, 0.4) is 0 Å². The van der Waals surface area contributed by atoms with Crippen LogP contribution in [0.1, 0.15) is 40.5 Å². The molecule has 2 rings (SSSR count). The summed E-state index contributed by atoms with van der Waals surface area (Å²) in [6.07, 6.45) is 1.91. The normalized spacial score (nSPS) is 29.8. The van der Waals surface area contributed by atoms with E-state index in [1.165, 1.54) is 6.42 Å². The summed E-state index contributed by atoms with van der Waals surface area (Å²) >= 11 is 0. The Bertz CT molecular complexity index is 275. The van der Waals surface area contributed by atoms with Crippen LogP contribution in [0.25, 0.3) is 0 Å². The van der Waals surface area contributed by atoms with Gasteiger partial charge in [0, 0.05) is 37.6 Å². The highest BCUT2D eigenvalue weighted by Crippen LogP contribution is 2.32. The predicted octanol–water partition coefficient (Wildman–Crippen LogP) is 1.73. The maximum atomic E-state index is 12.0. The van der Waals surface area contributed by atoms with E-state index in [0.29, 0.717) is 36.4 Å². The highest BCUT2D eigenvalue weighted by Gasteiger charge is 2.45. The van der Waals surface area contributed by atoms with Crippen LogP contribution in [-0.4, -0.2) is 46.9 Å². The van der Waals surface area contributed by atoms with Crippen molar-refractivity contribution in [2.24, 2.45) is 5.92 Å². The van der Waals surface area contributed by atoms with Crippen LogP contribution in [0, 0.1) is 5.92 Å². The quantitative estimate of drug-likeness (QED) is 0.729. The molecule has 2 bridgehead atoms. The second-order valence-electron chi connectivity index (χ2n) is 5.98. The fraction of sp³-hybridized carbons (Fsp3) is 0.923. The summed E-state index contributed by atoms with van der Waals surface area (Å²) in [6.45, 7) is 10.8. The van der Waals surface area contributed by atoms with Gasteiger partial charge in [-0.25, -0.2) is 0 Å². The lowest BCUT2D eigenvalue weighted by atomic mass is 10.1. The van der Waals surface area contributed by atoms with Gasteiger partial charge in [0.25, 0.3) is 0 Å². The molecule has 0 aromatic rings. The average molecular weight is 224 g/mol. The van der Waals surface area contributed by atoms with Gasteiger partial charge in [-0.05, 0) is 26.2 Å². The molecular formula is C13H24N2O. The minimum absolute atomic E-state index is 0.367. The number of fused-ring (bicyclic) bond motifs is 2. The molecule has 2 heterocycles. The van der Waals surface area contributed by atoms with Crippen molar-refractivity contribution in [1.29, 1.82) is 0 Å². The molecule has 0 radical (unpaired) electrons. The van der Waals surface area contributed by atoms with Crippen LogP contribution in [0.5, 0.6) is 0 Å². The minimum Gasteiger partial charge on any atom is -0.337 e. The van der Waals surface area contributed by atoms with E-state index in [9.17, 15) is 4.79 Å². The van der Waals surface area contributed by atoms with Crippen LogP contribution < -0.4 is 0 Å². The number of hydrogen-bond acceptors (Lipinski definition) is 2. The molecule has 2 aliphatic rings. The molecule has 0 saturated carbocycles. The maximum absolute atomic E-state index is 12.0. The number of rotatable bonds is 3. The van der Waals surface area contributed by atoms with Crippen LogP contribution in [0.2, 0.25) is 0 Å². The van der Waals surface area contributed by atoms with Crippen molar-refractivity contribution in [2.45, 2.75) is 58.7 Å². The first-order valence-electron chi connectivity index (χ1n) is 6.54. The van der Waals surface area contributed by atoms with Crippen molar-refractivity contribution in [3.63, 3.8) is 0 Å². The van der Waals surface area contributed by atoms with Crippen molar-refractivity contribution in [2.75, 3.05) is 13.1 Å². The van der Waals surface area contributed by atoms with Crippen LogP contribution in [0.4, 0.5) is 0 Å². The van der Waals surface area contributed by atoms with Gasteiger partial charge in [0.15, 0.2) is 0 Å². The third-order valence-corrected chi connectivity index (χ3v) is 3.85. The zero-order valence-corrected chi connectivity index (χ0v) is 10.9. The lowest BCUT2D eigenvalue weighted by Crippen LogP contribution is -2.50. The molecule has 0 aromatic carbocycles. The first-order chi connectivity index (χ1) is 7.49. The number of amides is 1. The Balaban J connectivity index is 1.93. The molecule has 2 atom stereocenters. The minimum atomic E-state index is 0.367. The standard InChI is InChI=1S/C13H24N2O/c1-9(2)5-13(16)15-8-11-6-12(15)7-14(11)10(3)4/h9-12H,5-8H2,1-4H3/t11-,12-/m0/s1. The van der Waals surface area contributed by atoms with E-state index < -0.39 is 0 Å². The summed E-state index contributed by atoms with van der Waals surface area (Å²) in [5.74, 6) is 0.846. The summed E-state index contributed by atoms with van der Waals surface area (Å²) < 4.78 is 0. The molecule has 1 amide bonds. The summed E-state index contributed by atoms with van der Waals surface area (Å²) in [7, 11) is 0. The van der Waals surface area contributed by atoms with E-state index in [1.54, 1.807) is 0 Å². The molecule has 3 heteroatoms. The van der Waals surface area contributed by atoms with E-state index in [0.717, 1.165) is 13.1 Å². The van der Waals surface area contributed by atoms with Crippen molar-refractivity contribution in [3.05, 3.63) is 0 Å². The van der Waals surface area contributed by atoms with Gasteiger partial charge in [0.05, 0.1) is 0 Å². The van der Waals surface area contributed by atoms with Crippen LogP contribution in [-0.2, 0) is 4.79 Å². The van der Waals surface area contributed by atoms with Crippen molar-refractivity contribution >= 4 is 5.91 Å². The lowest BCUT2D eigenvalue weighted by molar-refractivity contribution is -0.134. The van der Waals surface area contributed by atoms with Gasteiger partial charge in [-0.3, -0.25) is 9.69 Å². The van der Waals surface area contributed by atoms with E-state index in [-0.39, 0.29) is 0 Å². The van der Waals surface area contributed by atoms with Gasteiger partial charge >= 0.3 is 0 Å². The molecule has 0 aromatic heterocycles. The zero-order chi connectivity index (χ0) is 11.9. The van der Waals surface area contributed by atoms with Gasteiger partial charge < -0.3 is 4.90 Å². The summed E-state index contributed by atoms with van der Waals surface area (Å²) in [5, 5.41) is 0. The third-order valence-electron chi connectivity index (χ3n) is 3.85. The van der Waals surface area contributed by atoms with Gasteiger partial charge in [-0.2, -0.15) is 0 Å². The van der Waals surface area contributed by atoms with Gasteiger partial charge in [0.1, 0.15) is 0 Å². The maximum Gasteiger partial charge on any atom is 0.223 e. The Morgan fingerprint density at radius 1 is 1.19 bits per heavy atom. The highest BCUT2D eigenvalue weighted by molar-refractivity contribution is 5.77. The molecular weight excluding hydrogens is 200 g/mol. The van der Waals surface area contributed by atoms with Crippen LogP contribution >= 0.6 is 0 Å². The SMILES string of the molecule is CC(C)CC(=O)N1C[C@@H]2C[C@H]1CN2C(C)C. The number of hydrogen-bond donors (Lipinski definition) is 0. The Morgan fingerprint density at radius 2 is 1.88 bits per heavy atom. The summed E-state index contributed by atoms with van der Waals surface area (Å²) in [4.78, 5) is 16.7. The van der Waals surface area contributed by atoms with Crippen molar-refractivity contribution in [3.8, 4) is 0 Å². The second kappa shape index (κ2) is 4.36. The van der Waals surface area contributed by atoms with E-state index in [1.807, 2.05) is 0 Å². The number of carbonyl (C=O) groups is 1. The fourth-order valence-corrected chi connectivity index (χ4v) is 3.10. The molecule has 92 valence electrons. The largest absolute Gasteiger partial charge is 0.337 e. The highest BCUT2D eigenvalue weighted by atomic mass is 16.2. The molecule has 3 nitrogen and oxygen atoms in total. The fourth-order valence-electron chi connectivity index (χ4n) is 3.10. The Labute approximate surface area is 98.8 Å². The lowest BCUT2D eigenvalue weighted by Gasteiger charge is -2.36. The van der Waals surface area contributed by atoms with Crippen LogP contribution in [0.15, 0.2) is 0 Å². The van der Waals surface area contributed by atoms with Gasteiger partial charge in [0.2, 0.25) is 5.91 Å². The number of carbonyl (C=O) groups excluding carboxylic acids is 1. The molecule has 2 fully saturated rings. The number of nitrogens with zero attached hydrogens (tertiary/aromatic N) is 2. The molecule has 0 spiro atoms. The van der Waals surface area contributed by atoms with Crippen molar-refractivity contribution < 1.29 is 4.79 Å². The average Bonchev–Trinajstić information content (AvgIpc) is 2.74. The molecule has 0 unspecified atom stereocenters. The van der Waals surface area contributed by atoms with Gasteiger partial charge in [-0.15, -0.1) is 0 Å². The van der Waals surface area contributed by atoms with E-state index >= 15 is 0 Å². The summed E-state index contributed by atoms with van der Waals surface area (Å²) in [6, 6.07) is 1.75. The topological polar surface area (TPSA) is 23.6 Å².